The van der Waals surface area contributed by atoms with Crippen LogP contribution in [0.4, 0.5) is 11.4 Å². The second-order valence-electron chi connectivity index (χ2n) is 5.54. The van der Waals surface area contributed by atoms with Crippen molar-refractivity contribution in [3.63, 3.8) is 0 Å². The standard InChI is InChI=1S/C20H23N3O3/c1-4-25-18-11-10-16(12-19(18)26-5-2)22-14(3)20(24)23-17-9-7-6-8-15(17)13-21/h6-12,14,22H,4-5H2,1-3H3,(H,23,24)/t14-/m0/s1. The quantitative estimate of drug-likeness (QED) is 0.754. The molecule has 6 heteroatoms. The van der Waals surface area contributed by atoms with Gasteiger partial charge in [0.25, 0.3) is 0 Å². The van der Waals surface area contributed by atoms with E-state index in [-0.39, 0.29) is 5.91 Å². The molecule has 0 aromatic heterocycles. The number of nitriles is 1. The molecule has 2 rings (SSSR count). The molecule has 136 valence electrons. The third-order valence-electron chi connectivity index (χ3n) is 3.63. The molecule has 0 saturated heterocycles. The number of amides is 1. The Balaban J connectivity index is 2.08. The third-order valence-corrected chi connectivity index (χ3v) is 3.63. The predicted octanol–water partition coefficient (Wildman–Crippen LogP) is 3.79. The van der Waals surface area contributed by atoms with Gasteiger partial charge >= 0.3 is 0 Å². The minimum atomic E-state index is -0.505. The average molecular weight is 353 g/mol. The number of carbonyl (C=O) groups excluding carboxylic acids is 1. The average Bonchev–Trinajstić information content (AvgIpc) is 2.64. The lowest BCUT2D eigenvalue weighted by Gasteiger charge is -2.18. The molecule has 0 heterocycles. The van der Waals surface area contributed by atoms with Crippen LogP contribution < -0.4 is 20.1 Å². The number of hydrogen-bond donors (Lipinski definition) is 2. The molecule has 0 spiro atoms. The molecule has 0 aliphatic rings. The molecule has 6 nitrogen and oxygen atoms in total. The van der Waals surface area contributed by atoms with E-state index in [0.29, 0.717) is 36.0 Å². The van der Waals surface area contributed by atoms with Crippen molar-refractivity contribution in [3.05, 3.63) is 48.0 Å². The van der Waals surface area contributed by atoms with Crippen molar-refractivity contribution in [2.75, 3.05) is 23.8 Å². The van der Waals surface area contributed by atoms with E-state index in [2.05, 4.69) is 16.7 Å². The van der Waals surface area contributed by atoms with Gasteiger partial charge in [-0.05, 0) is 45.0 Å². The van der Waals surface area contributed by atoms with Gasteiger partial charge in [-0.25, -0.2) is 0 Å². The Morgan fingerprint density at radius 2 is 1.81 bits per heavy atom. The molecule has 0 radical (unpaired) electrons. The Kier molecular flexibility index (Phi) is 6.86. The van der Waals surface area contributed by atoms with Crippen molar-refractivity contribution < 1.29 is 14.3 Å². The van der Waals surface area contributed by atoms with Crippen LogP contribution in [0, 0.1) is 11.3 Å². The van der Waals surface area contributed by atoms with Crippen molar-refractivity contribution in [2.45, 2.75) is 26.8 Å². The largest absolute Gasteiger partial charge is 0.490 e. The van der Waals surface area contributed by atoms with Gasteiger partial charge in [-0.2, -0.15) is 5.26 Å². The molecule has 0 aliphatic carbocycles. The van der Waals surface area contributed by atoms with Gasteiger partial charge in [0.1, 0.15) is 12.1 Å². The maximum Gasteiger partial charge on any atom is 0.246 e. The summed E-state index contributed by atoms with van der Waals surface area (Å²) in [6.07, 6.45) is 0. The Labute approximate surface area is 153 Å². The number of nitrogens with zero attached hydrogens (tertiary/aromatic N) is 1. The maximum absolute atomic E-state index is 12.4. The number of nitrogens with one attached hydrogen (secondary N) is 2. The minimum absolute atomic E-state index is 0.237. The van der Waals surface area contributed by atoms with Gasteiger partial charge in [-0.3, -0.25) is 4.79 Å². The van der Waals surface area contributed by atoms with E-state index >= 15 is 0 Å². The predicted molar refractivity (Wildman–Crippen MR) is 102 cm³/mol. The lowest BCUT2D eigenvalue weighted by Crippen LogP contribution is -2.32. The Bertz CT molecular complexity index is 799. The number of ether oxygens (including phenoxy) is 2. The SMILES string of the molecule is CCOc1ccc(N[C@@H](C)C(=O)Nc2ccccc2C#N)cc1OCC. The van der Waals surface area contributed by atoms with Gasteiger partial charge in [0.05, 0.1) is 24.5 Å². The zero-order valence-electron chi connectivity index (χ0n) is 15.2. The molecule has 1 atom stereocenters. The zero-order valence-corrected chi connectivity index (χ0v) is 15.2. The van der Waals surface area contributed by atoms with Crippen LogP contribution in [0.15, 0.2) is 42.5 Å². The number of carbonyl (C=O) groups is 1. The first-order valence-electron chi connectivity index (χ1n) is 8.55. The smallest absolute Gasteiger partial charge is 0.246 e. The van der Waals surface area contributed by atoms with Crippen molar-refractivity contribution in [3.8, 4) is 17.6 Å². The van der Waals surface area contributed by atoms with Crippen LogP contribution in [0.5, 0.6) is 11.5 Å². The van der Waals surface area contributed by atoms with Crippen molar-refractivity contribution >= 4 is 17.3 Å². The van der Waals surface area contributed by atoms with Crippen LogP contribution in [0.25, 0.3) is 0 Å². The van der Waals surface area contributed by atoms with Crippen LogP contribution in [0.1, 0.15) is 26.3 Å². The first-order chi connectivity index (χ1) is 12.6. The molecule has 2 aromatic carbocycles. The maximum atomic E-state index is 12.4. The van der Waals surface area contributed by atoms with E-state index < -0.39 is 6.04 Å². The molecule has 0 saturated carbocycles. The molecular formula is C20H23N3O3. The summed E-state index contributed by atoms with van der Waals surface area (Å²) in [5.41, 5.74) is 1.66. The van der Waals surface area contributed by atoms with E-state index in [1.807, 2.05) is 32.0 Å². The monoisotopic (exact) mass is 353 g/mol. The molecule has 2 aromatic rings. The number of para-hydroxylation sites is 1. The fourth-order valence-corrected chi connectivity index (χ4v) is 2.39. The fraction of sp³-hybridized carbons (Fsp3) is 0.300. The topological polar surface area (TPSA) is 83.4 Å². The second kappa shape index (κ2) is 9.33. The van der Waals surface area contributed by atoms with Crippen molar-refractivity contribution in [1.29, 1.82) is 5.26 Å². The van der Waals surface area contributed by atoms with Crippen LogP contribution in [0.3, 0.4) is 0 Å². The number of rotatable bonds is 8. The first-order valence-corrected chi connectivity index (χ1v) is 8.55. The van der Waals surface area contributed by atoms with Crippen molar-refractivity contribution in [2.24, 2.45) is 0 Å². The summed E-state index contributed by atoms with van der Waals surface area (Å²) < 4.78 is 11.1. The normalized spacial score (nSPS) is 11.2. The van der Waals surface area contributed by atoms with E-state index in [1.54, 1.807) is 31.2 Å². The number of benzene rings is 2. The number of anilines is 2. The summed E-state index contributed by atoms with van der Waals surface area (Å²) >= 11 is 0. The fourth-order valence-electron chi connectivity index (χ4n) is 2.39. The van der Waals surface area contributed by atoms with Crippen LogP contribution in [0.2, 0.25) is 0 Å². The highest BCUT2D eigenvalue weighted by Gasteiger charge is 2.15. The number of hydrogen-bond acceptors (Lipinski definition) is 5. The Morgan fingerprint density at radius 1 is 1.12 bits per heavy atom. The summed E-state index contributed by atoms with van der Waals surface area (Å²) in [4.78, 5) is 12.4. The molecule has 0 bridgehead atoms. The molecule has 0 unspecified atom stereocenters. The van der Waals surface area contributed by atoms with Gasteiger partial charge < -0.3 is 20.1 Å². The highest BCUT2D eigenvalue weighted by molar-refractivity contribution is 5.97. The molecule has 26 heavy (non-hydrogen) atoms. The lowest BCUT2D eigenvalue weighted by atomic mass is 10.2. The van der Waals surface area contributed by atoms with Crippen LogP contribution in [-0.4, -0.2) is 25.2 Å². The second-order valence-corrected chi connectivity index (χ2v) is 5.54. The van der Waals surface area contributed by atoms with Gasteiger partial charge in [0.2, 0.25) is 5.91 Å². The summed E-state index contributed by atoms with van der Waals surface area (Å²) in [6.45, 7) is 6.63. The van der Waals surface area contributed by atoms with E-state index in [9.17, 15) is 4.79 Å². The molecule has 0 fully saturated rings. The third kappa shape index (κ3) is 4.90. The summed E-state index contributed by atoms with van der Waals surface area (Å²) in [5.74, 6) is 1.06. The summed E-state index contributed by atoms with van der Waals surface area (Å²) in [6, 6.07) is 13.9. The Morgan fingerprint density at radius 3 is 2.50 bits per heavy atom. The molecule has 1 amide bonds. The van der Waals surface area contributed by atoms with E-state index in [4.69, 9.17) is 14.7 Å². The molecule has 0 aliphatic heterocycles. The van der Waals surface area contributed by atoms with Crippen molar-refractivity contribution in [1.82, 2.24) is 0 Å². The van der Waals surface area contributed by atoms with Crippen LogP contribution >= 0.6 is 0 Å². The van der Waals surface area contributed by atoms with Crippen LogP contribution in [-0.2, 0) is 4.79 Å². The van der Waals surface area contributed by atoms with Gasteiger partial charge in [-0.15, -0.1) is 0 Å². The van der Waals surface area contributed by atoms with Gasteiger partial charge in [0, 0.05) is 11.8 Å². The first kappa shape index (κ1) is 19.1. The molecular weight excluding hydrogens is 330 g/mol. The highest BCUT2D eigenvalue weighted by atomic mass is 16.5. The van der Waals surface area contributed by atoms with E-state index in [1.165, 1.54) is 0 Å². The highest BCUT2D eigenvalue weighted by Crippen LogP contribution is 2.31. The minimum Gasteiger partial charge on any atom is -0.490 e. The lowest BCUT2D eigenvalue weighted by molar-refractivity contribution is -0.116. The van der Waals surface area contributed by atoms with Gasteiger partial charge in [-0.1, -0.05) is 12.1 Å². The molecule has 2 N–H and O–H groups in total. The zero-order chi connectivity index (χ0) is 18.9. The van der Waals surface area contributed by atoms with Gasteiger partial charge in [0.15, 0.2) is 11.5 Å². The Hall–Kier alpha value is -3.20. The summed E-state index contributed by atoms with van der Waals surface area (Å²) in [7, 11) is 0. The summed E-state index contributed by atoms with van der Waals surface area (Å²) in [5, 5.41) is 15.0. The van der Waals surface area contributed by atoms with E-state index in [0.717, 1.165) is 5.69 Å².